The molecule has 0 aliphatic carbocycles. The lowest BCUT2D eigenvalue weighted by Gasteiger charge is -2.20. The second-order valence-corrected chi connectivity index (χ2v) is 8.62. The van der Waals surface area contributed by atoms with E-state index in [1.54, 1.807) is 17.7 Å². The lowest BCUT2D eigenvalue weighted by atomic mass is 9.91. The molecule has 5 nitrogen and oxygen atoms in total. The smallest absolute Gasteiger partial charge is 0.311 e. The van der Waals surface area contributed by atoms with Crippen molar-refractivity contribution in [2.24, 2.45) is 12.5 Å². The maximum Gasteiger partial charge on any atom is 0.311 e. The average Bonchev–Trinajstić information content (AvgIpc) is 2.75. The summed E-state index contributed by atoms with van der Waals surface area (Å²) in [4.78, 5) is 24.0. The fourth-order valence-electron chi connectivity index (χ4n) is 3.27. The number of unbranched alkanes of at least 4 members (excludes halogenated alkanes) is 6. The number of fused-ring (bicyclic) bond motifs is 1. The predicted octanol–water partition coefficient (Wildman–Crippen LogP) is 5.63. The Morgan fingerprint density at radius 2 is 1.57 bits per heavy atom. The Kier molecular flexibility index (Phi) is 9.41. The molecule has 0 radical (unpaired) electrons. The third-order valence-corrected chi connectivity index (χ3v) is 5.83. The number of rotatable bonds is 13. The SMILES string of the molecule is CCC(C)(C)C(=O)OCCCCCCCCCOc1cc(=O)n(C)c2ccccc12. The average molecular weight is 416 g/mol. The van der Waals surface area contributed by atoms with Gasteiger partial charge in [0, 0.05) is 18.5 Å². The fourth-order valence-corrected chi connectivity index (χ4v) is 3.27. The second-order valence-electron chi connectivity index (χ2n) is 8.62. The van der Waals surface area contributed by atoms with Gasteiger partial charge in [-0.2, -0.15) is 0 Å². The Bertz CT molecular complexity index is 869. The van der Waals surface area contributed by atoms with Gasteiger partial charge in [0.15, 0.2) is 0 Å². The third kappa shape index (κ3) is 6.89. The number of carbonyl (C=O) groups excluding carboxylic acids is 1. The summed E-state index contributed by atoms with van der Waals surface area (Å²) in [6, 6.07) is 9.41. The van der Waals surface area contributed by atoms with Gasteiger partial charge in [0.25, 0.3) is 5.56 Å². The Morgan fingerprint density at radius 3 is 2.23 bits per heavy atom. The van der Waals surface area contributed by atoms with E-state index in [4.69, 9.17) is 9.47 Å². The van der Waals surface area contributed by atoms with E-state index in [-0.39, 0.29) is 16.9 Å². The normalized spacial score (nSPS) is 11.6. The van der Waals surface area contributed by atoms with Crippen LogP contribution in [-0.4, -0.2) is 23.8 Å². The highest BCUT2D eigenvalue weighted by Crippen LogP contribution is 2.23. The molecule has 0 aliphatic rings. The van der Waals surface area contributed by atoms with Crippen LogP contribution in [0.5, 0.6) is 5.75 Å². The van der Waals surface area contributed by atoms with Crippen LogP contribution in [0.2, 0.25) is 0 Å². The van der Waals surface area contributed by atoms with E-state index in [9.17, 15) is 9.59 Å². The molecular weight excluding hydrogens is 378 g/mol. The van der Waals surface area contributed by atoms with E-state index < -0.39 is 0 Å². The van der Waals surface area contributed by atoms with E-state index in [1.165, 1.54) is 12.8 Å². The minimum atomic E-state index is -0.374. The first kappa shape index (κ1) is 24.0. The quantitative estimate of drug-likeness (QED) is 0.314. The molecule has 1 aromatic heterocycles. The maximum atomic E-state index is 12.1. The van der Waals surface area contributed by atoms with E-state index in [0.717, 1.165) is 49.4 Å². The first-order valence-electron chi connectivity index (χ1n) is 11.3. The van der Waals surface area contributed by atoms with Crippen molar-refractivity contribution in [3.8, 4) is 5.75 Å². The molecule has 0 atom stereocenters. The number of benzene rings is 1. The van der Waals surface area contributed by atoms with Crippen LogP contribution < -0.4 is 10.3 Å². The monoisotopic (exact) mass is 415 g/mol. The zero-order valence-electron chi connectivity index (χ0n) is 19.0. The fraction of sp³-hybridized carbons (Fsp3) is 0.600. The maximum absolute atomic E-state index is 12.1. The van der Waals surface area contributed by atoms with Crippen molar-refractivity contribution in [3.63, 3.8) is 0 Å². The van der Waals surface area contributed by atoms with E-state index in [1.807, 2.05) is 45.0 Å². The van der Waals surface area contributed by atoms with Crippen molar-refractivity contribution in [1.82, 2.24) is 4.57 Å². The summed E-state index contributed by atoms with van der Waals surface area (Å²) in [5, 5.41) is 0.975. The molecule has 0 N–H and O–H groups in total. The predicted molar refractivity (Wildman–Crippen MR) is 122 cm³/mol. The second kappa shape index (κ2) is 11.8. The molecule has 0 saturated heterocycles. The zero-order valence-corrected chi connectivity index (χ0v) is 19.0. The van der Waals surface area contributed by atoms with Crippen molar-refractivity contribution < 1.29 is 14.3 Å². The van der Waals surface area contributed by atoms with Gasteiger partial charge in [0.05, 0.1) is 24.1 Å². The van der Waals surface area contributed by atoms with E-state index in [2.05, 4.69) is 0 Å². The summed E-state index contributed by atoms with van der Waals surface area (Å²) in [7, 11) is 1.78. The van der Waals surface area contributed by atoms with Crippen LogP contribution in [0.1, 0.15) is 72.1 Å². The summed E-state index contributed by atoms with van der Waals surface area (Å²) in [6.07, 6.45) is 8.43. The molecule has 5 heteroatoms. The van der Waals surface area contributed by atoms with Crippen LogP contribution in [0, 0.1) is 5.41 Å². The van der Waals surface area contributed by atoms with Crippen molar-refractivity contribution in [3.05, 3.63) is 40.7 Å². The van der Waals surface area contributed by atoms with Gasteiger partial charge in [-0.3, -0.25) is 9.59 Å². The molecule has 0 bridgehead atoms. The number of ether oxygens (including phenoxy) is 2. The van der Waals surface area contributed by atoms with Crippen LogP contribution in [0.4, 0.5) is 0 Å². The van der Waals surface area contributed by atoms with Crippen LogP contribution in [-0.2, 0) is 16.6 Å². The highest BCUT2D eigenvalue weighted by molar-refractivity contribution is 5.85. The summed E-state index contributed by atoms with van der Waals surface area (Å²) >= 11 is 0. The molecule has 0 saturated carbocycles. The number of pyridine rings is 1. The molecule has 166 valence electrons. The molecule has 0 aliphatic heterocycles. The van der Waals surface area contributed by atoms with Crippen molar-refractivity contribution in [2.75, 3.05) is 13.2 Å². The molecule has 1 aromatic carbocycles. The van der Waals surface area contributed by atoms with Gasteiger partial charge in [-0.05, 0) is 45.2 Å². The van der Waals surface area contributed by atoms with Gasteiger partial charge >= 0.3 is 5.97 Å². The van der Waals surface area contributed by atoms with Gasteiger partial charge in [-0.1, -0.05) is 51.2 Å². The van der Waals surface area contributed by atoms with Crippen LogP contribution in [0.15, 0.2) is 35.1 Å². The third-order valence-electron chi connectivity index (χ3n) is 5.83. The van der Waals surface area contributed by atoms with Crippen molar-refractivity contribution in [2.45, 2.75) is 72.1 Å². The van der Waals surface area contributed by atoms with Crippen LogP contribution in [0.3, 0.4) is 0 Å². The number of aryl methyl sites for hydroxylation is 1. The Morgan fingerprint density at radius 1 is 0.967 bits per heavy atom. The molecule has 0 amide bonds. The van der Waals surface area contributed by atoms with E-state index in [0.29, 0.717) is 19.0 Å². The van der Waals surface area contributed by atoms with Gasteiger partial charge in [-0.25, -0.2) is 0 Å². The number of hydrogen-bond acceptors (Lipinski definition) is 4. The molecular formula is C25H37NO4. The highest BCUT2D eigenvalue weighted by atomic mass is 16.5. The number of aromatic nitrogens is 1. The number of nitrogens with zero attached hydrogens (tertiary/aromatic N) is 1. The summed E-state index contributed by atoms with van der Waals surface area (Å²) in [6.45, 7) is 7.02. The first-order valence-corrected chi connectivity index (χ1v) is 11.3. The van der Waals surface area contributed by atoms with E-state index >= 15 is 0 Å². The van der Waals surface area contributed by atoms with Crippen molar-refractivity contribution >= 4 is 16.9 Å². The lowest BCUT2D eigenvalue weighted by molar-refractivity contribution is -0.154. The summed E-state index contributed by atoms with van der Waals surface area (Å²) in [5.41, 5.74) is 0.470. The van der Waals surface area contributed by atoms with Crippen molar-refractivity contribution in [1.29, 1.82) is 0 Å². The number of carbonyl (C=O) groups is 1. The molecule has 0 unspecified atom stereocenters. The van der Waals surface area contributed by atoms with Gasteiger partial charge in [0.1, 0.15) is 5.75 Å². The molecule has 1 heterocycles. The highest BCUT2D eigenvalue weighted by Gasteiger charge is 2.26. The standard InChI is InChI=1S/C25H37NO4/c1-5-25(2,3)24(28)30-18-14-10-8-6-7-9-13-17-29-22-19-23(27)26(4)21-16-12-11-15-20(21)22/h11-12,15-16,19H,5-10,13-14,17-18H2,1-4H3. The molecule has 0 spiro atoms. The topological polar surface area (TPSA) is 57.5 Å². The lowest BCUT2D eigenvalue weighted by Crippen LogP contribution is -2.26. The molecule has 0 fully saturated rings. The molecule has 2 aromatic rings. The minimum Gasteiger partial charge on any atom is -0.493 e. The Hall–Kier alpha value is -2.30. The Labute approximate surface area is 180 Å². The van der Waals surface area contributed by atoms with Crippen LogP contribution >= 0.6 is 0 Å². The number of para-hydroxylation sites is 1. The number of hydrogen-bond donors (Lipinski definition) is 0. The van der Waals surface area contributed by atoms with Gasteiger partial charge in [-0.15, -0.1) is 0 Å². The van der Waals surface area contributed by atoms with Gasteiger partial charge < -0.3 is 14.0 Å². The summed E-state index contributed by atoms with van der Waals surface area (Å²) in [5.74, 6) is 0.587. The largest absolute Gasteiger partial charge is 0.493 e. The van der Waals surface area contributed by atoms with Crippen LogP contribution in [0.25, 0.3) is 10.9 Å². The first-order chi connectivity index (χ1) is 14.4. The minimum absolute atomic E-state index is 0.0485. The Balaban J connectivity index is 1.56. The molecule has 2 rings (SSSR count). The summed E-state index contributed by atoms with van der Waals surface area (Å²) < 4.78 is 12.9. The zero-order chi connectivity index (χ0) is 22.0. The number of esters is 1. The molecule has 30 heavy (non-hydrogen) atoms. The van der Waals surface area contributed by atoms with Gasteiger partial charge in [0.2, 0.25) is 0 Å².